The molecule has 0 bridgehead atoms. The standard InChI is InChI=1S/C15H25Cl3O8/c1-6(2)23-4-8-9(18)11(20)12(21)14(24-8)26-15(5-17)13(22)10(19)7(3-16)25-15/h6-14,19-22H,3-5H2,1-2H3/t7-,8-,9+,10-,11+,12-,13+,14-,15+/m1/s1. The summed E-state index contributed by atoms with van der Waals surface area (Å²) in [5.74, 6) is -2.35. The molecule has 8 nitrogen and oxygen atoms in total. The normalized spacial score (nSPS) is 46.8. The Morgan fingerprint density at radius 1 is 1.04 bits per heavy atom. The van der Waals surface area contributed by atoms with E-state index in [-0.39, 0.29) is 24.5 Å². The van der Waals surface area contributed by atoms with Crippen LogP contribution in [0.25, 0.3) is 0 Å². The molecule has 0 aliphatic carbocycles. The molecule has 0 saturated carbocycles. The van der Waals surface area contributed by atoms with Crippen molar-refractivity contribution in [3.8, 4) is 0 Å². The van der Waals surface area contributed by atoms with Crippen molar-refractivity contribution in [2.45, 2.75) is 74.0 Å². The van der Waals surface area contributed by atoms with Crippen LogP contribution in [0.1, 0.15) is 13.8 Å². The molecule has 2 fully saturated rings. The Hall–Kier alpha value is 0.550. The van der Waals surface area contributed by atoms with Crippen molar-refractivity contribution >= 4 is 34.8 Å². The number of hydrogen-bond acceptors (Lipinski definition) is 8. The predicted octanol–water partition coefficient (Wildman–Crippen LogP) is -0.223. The Morgan fingerprint density at radius 2 is 1.69 bits per heavy atom. The molecule has 2 aliphatic heterocycles. The smallest absolute Gasteiger partial charge is 0.214 e. The number of alkyl halides is 3. The monoisotopic (exact) mass is 438 g/mol. The summed E-state index contributed by atoms with van der Waals surface area (Å²) >= 11 is 17.7. The van der Waals surface area contributed by atoms with Crippen LogP contribution in [-0.2, 0) is 18.9 Å². The van der Waals surface area contributed by atoms with Gasteiger partial charge in [-0.05, 0) is 13.8 Å². The lowest BCUT2D eigenvalue weighted by Gasteiger charge is -2.43. The fourth-order valence-corrected chi connectivity index (χ4v) is 3.64. The van der Waals surface area contributed by atoms with Crippen molar-refractivity contribution in [3.63, 3.8) is 0 Å². The van der Waals surface area contributed by atoms with Gasteiger partial charge in [0, 0.05) is 0 Å². The van der Waals surface area contributed by atoms with Gasteiger partial charge in [0.2, 0.25) is 5.79 Å². The van der Waals surface area contributed by atoms with Crippen molar-refractivity contribution < 1.29 is 39.4 Å². The lowest BCUT2D eigenvalue weighted by molar-refractivity contribution is -0.358. The van der Waals surface area contributed by atoms with Gasteiger partial charge in [-0.3, -0.25) is 0 Å². The molecule has 4 N–H and O–H groups in total. The molecule has 154 valence electrons. The van der Waals surface area contributed by atoms with E-state index in [2.05, 4.69) is 0 Å². The molecule has 11 heteroatoms. The molecule has 2 heterocycles. The SMILES string of the molecule is CC(C)OC[C@H]1O[C@H](O[C@]2(CCl)O[C@H](CCl)[C@@H](O)[C@@H]2O)[C@H](O)[C@@H](O)[C@H]1Cl. The van der Waals surface area contributed by atoms with Crippen LogP contribution in [0, 0.1) is 0 Å². The molecule has 0 radical (unpaired) electrons. The first kappa shape index (κ1) is 22.8. The minimum Gasteiger partial charge on any atom is -0.389 e. The molecular formula is C15H25Cl3O8. The zero-order chi connectivity index (χ0) is 19.6. The summed E-state index contributed by atoms with van der Waals surface area (Å²) < 4.78 is 22.2. The second-order valence-electron chi connectivity index (χ2n) is 6.66. The molecule has 26 heavy (non-hydrogen) atoms. The number of aliphatic hydroxyl groups excluding tert-OH is 4. The molecule has 0 spiro atoms. The zero-order valence-corrected chi connectivity index (χ0v) is 16.6. The van der Waals surface area contributed by atoms with Crippen molar-refractivity contribution in [3.05, 3.63) is 0 Å². The van der Waals surface area contributed by atoms with Crippen LogP contribution in [0.15, 0.2) is 0 Å². The van der Waals surface area contributed by atoms with Crippen LogP contribution in [0.2, 0.25) is 0 Å². The van der Waals surface area contributed by atoms with E-state index >= 15 is 0 Å². The van der Waals surface area contributed by atoms with E-state index in [0.29, 0.717) is 0 Å². The van der Waals surface area contributed by atoms with E-state index in [1.165, 1.54) is 0 Å². The summed E-state index contributed by atoms with van der Waals surface area (Å²) in [7, 11) is 0. The van der Waals surface area contributed by atoms with E-state index in [0.717, 1.165) is 0 Å². The molecule has 2 saturated heterocycles. The van der Waals surface area contributed by atoms with Crippen LogP contribution < -0.4 is 0 Å². The number of ether oxygens (including phenoxy) is 4. The largest absolute Gasteiger partial charge is 0.389 e. The summed E-state index contributed by atoms with van der Waals surface area (Å²) in [5.41, 5.74) is 0. The first-order valence-corrected chi connectivity index (χ1v) is 9.78. The van der Waals surface area contributed by atoms with Gasteiger partial charge in [0.25, 0.3) is 0 Å². The van der Waals surface area contributed by atoms with E-state index in [1.54, 1.807) is 0 Å². The lowest BCUT2D eigenvalue weighted by atomic mass is 10.0. The minimum atomic E-state index is -1.87. The Kier molecular flexibility index (Phi) is 8.23. The molecule has 0 aromatic rings. The van der Waals surface area contributed by atoms with Gasteiger partial charge in [0.1, 0.15) is 36.6 Å². The van der Waals surface area contributed by atoms with Crippen molar-refractivity contribution in [2.75, 3.05) is 18.4 Å². The maximum absolute atomic E-state index is 10.3. The quantitative estimate of drug-likeness (QED) is 0.402. The fraction of sp³-hybridized carbons (Fsp3) is 1.00. The average molecular weight is 440 g/mol. The Morgan fingerprint density at radius 3 is 2.19 bits per heavy atom. The third-order valence-corrected chi connectivity index (χ3v) is 5.59. The van der Waals surface area contributed by atoms with Gasteiger partial charge in [-0.2, -0.15) is 0 Å². The Balaban J connectivity index is 2.14. The first-order chi connectivity index (χ1) is 12.2. The van der Waals surface area contributed by atoms with Gasteiger partial charge in [0.15, 0.2) is 6.29 Å². The summed E-state index contributed by atoms with van der Waals surface area (Å²) in [6, 6.07) is 0. The number of aliphatic hydroxyl groups is 4. The summed E-state index contributed by atoms with van der Waals surface area (Å²) in [6.45, 7) is 3.70. The van der Waals surface area contributed by atoms with Gasteiger partial charge < -0.3 is 39.4 Å². The van der Waals surface area contributed by atoms with Crippen molar-refractivity contribution in [2.24, 2.45) is 0 Å². The fourth-order valence-electron chi connectivity index (χ4n) is 2.83. The van der Waals surface area contributed by atoms with E-state index in [9.17, 15) is 20.4 Å². The van der Waals surface area contributed by atoms with Crippen LogP contribution in [0.4, 0.5) is 0 Å². The molecule has 0 unspecified atom stereocenters. The van der Waals surface area contributed by atoms with Crippen molar-refractivity contribution in [1.82, 2.24) is 0 Å². The molecule has 0 amide bonds. The molecule has 9 atom stereocenters. The summed E-state index contributed by atoms with van der Waals surface area (Å²) in [4.78, 5) is 0. The van der Waals surface area contributed by atoms with Crippen LogP contribution >= 0.6 is 34.8 Å². The van der Waals surface area contributed by atoms with Gasteiger partial charge >= 0.3 is 0 Å². The topological polar surface area (TPSA) is 118 Å². The second-order valence-corrected chi connectivity index (χ2v) is 7.74. The van der Waals surface area contributed by atoms with Crippen molar-refractivity contribution in [1.29, 1.82) is 0 Å². The predicted molar refractivity (Wildman–Crippen MR) is 93.5 cm³/mol. The third kappa shape index (κ3) is 4.58. The average Bonchev–Trinajstić information content (AvgIpc) is 2.86. The third-order valence-electron chi connectivity index (χ3n) is 4.37. The van der Waals surface area contributed by atoms with E-state index < -0.39 is 54.1 Å². The molecule has 0 aromatic carbocycles. The number of hydrogen-bond donors (Lipinski definition) is 4. The molecule has 2 aliphatic rings. The Labute approximate surface area is 166 Å². The van der Waals surface area contributed by atoms with Gasteiger partial charge in [-0.1, -0.05) is 0 Å². The van der Waals surface area contributed by atoms with E-state index in [4.69, 9.17) is 53.8 Å². The van der Waals surface area contributed by atoms with Crippen LogP contribution in [0.5, 0.6) is 0 Å². The highest BCUT2D eigenvalue weighted by molar-refractivity contribution is 6.21. The highest BCUT2D eigenvalue weighted by Gasteiger charge is 2.58. The molecule has 0 aromatic heterocycles. The van der Waals surface area contributed by atoms with Gasteiger partial charge in [-0.25, -0.2) is 0 Å². The lowest BCUT2D eigenvalue weighted by Crippen LogP contribution is -2.61. The first-order valence-electron chi connectivity index (χ1n) is 8.27. The Bertz CT molecular complexity index is 459. The number of halogens is 3. The van der Waals surface area contributed by atoms with Gasteiger partial charge in [0.05, 0.1) is 29.8 Å². The van der Waals surface area contributed by atoms with E-state index in [1.807, 2.05) is 13.8 Å². The second kappa shape index (κ2) is 9.37. The minimum absolute atomic E-state index is 0.0552. The number of rotatable bonds is 7. The maximum atomic E-state index is 10.3. The highest BCUT2D eigenvalue weighted by Crippen LogP contribution is 2.38. The molecular weight excluding hydrogens is 415 g/mol. The summed E-state index contributed by atoms with van der Waals surface area (Å²) in [5, 5.41) is 39.8. The highest BCUT2D eigenvalue weighted by atomic mass is 35.5. The zero-order valence-electron chi connectivity index (χ0n) is 14.4. The summed E-state index contributed by atoms with van der Waals surface area (Å²) in [6.07, 6.45) is -9.01. The van der Waals surface area contributed by atoms with Crippen LogP contribution in [-0.4, -0.2) is 99.0 Å². The molecule has 2 rings (SSSR count). The maximum Gasteiger partial charge on any atom is 0.214 e. The van der Waals surface area contributed by atoms with Crippen LogP contribution in [0.3, 0.4) is 0 Å². The van der Waals surface area contributed by atoms with Gasteiger partial charge in [-0.15, -0.1) is 34.8 Å².